The van der Waals surface area contributed by atoms with E-state index in [9.17, 15) is 4.79 Å². The molecule has 1 aliphatic heterocycles. The number of aryl methyl sites for hydroxylation is 1. The van der Waals surface area contributed by atoms with Gasteiger partial charge in [-0.15, -0.1) is 0 Å². The maximum Gasteiger partial charge on any atom is 0.228 e. The van der Waals surface area contributed by atoms with Gasteiger partial charge in [-0.05, 0) is 31.6 Å². The minimum atomic E-state index is 0.109. The van der Waals surface area contributed by atoms with Crippen molar-refractivity contribution < 1.29 is 9.42 Å². The van der Waals surface area contributed by atoms with Crippen LogP contribution in [0.15, 0.2) is 4.63 Å². The number of rotatable bonds is 2. The molecule has 2 aliphatic rings. The molecule has 1 unspecified atom stereocenters. The number of piperidine rings is 1. The number of hydrogen-bond donors (Lipinski definition) is 1. The summed E-state index contributed by atoms with van der Waals surface area (Å²) in [6.45, 7) is 3.39. The summed E-state index contributed by atoms with van der Waals surface area (Å²) >= 11 is 0. The molecule has 2 N–H and O–H groups in total. The predicted octanol–water partition coefficient (Wildman–Crippen LogP) is 0.116. The third-order valence-corrected chi connectivity index (χ3v) is 4.32. The highest BCUT2D eigenvalue weighted by Crippen LogP contribution is 2.35. The Morgan fingerprint density at radius 3 is 2.61 bits per heavy atom. The maximum atomic E-state index is 12.2. The molecule has 1 amide bonds. The second-order valence-corrected chi connectivity index (χ2v) is 5.45. The van der Waals surface area contributed by atoms with Crippen LogP contribution in [0.2, 0.25) is 0 Å². The zero-order valence-electron chi connectivity index (χ0n) is 10.5. The third-order valence-electron chi connectivity index (χ3n) is 4.32. The van der Waals surface area contributed by atoms with E-state index < -0.39 is 0 Å². The molecule has 3 rings (SSSR count). The van der Waals surface area contributed by atoms with Crippen LogP contribution in [0.1, 0.15) is 24.2 Å². The number of nitrogens with two attached hydrogens (primary N) is 1. The molecule has 1 aliphatic carbocycles. The van der Waals surface area contributed by atoms with E-state index in [2.05, 4.69) is 14.9 Å². The van der Waals surface area contributed by atoms with Gasteiger partial charge in [0.1, 0.15) is 11.4 Å². The SMILES string of the molecule is Cc1nonc1CC(=O)N1C[C@H]2CC[C@@H](C1)C2N. The summed E-state index contributed by atoms with van der Waals surface area (Å²) in [7, 11) is 0. The average molecular weight is 250 g/mol. The van der Waals surface area contributed by atoms with E-state index in [4.69, 9.17) is 5.73 Å². The van der Waals surface area contributed by atoms with Crippen LogP contribution in [-0.2, 0) is 11.2 Å². The van der Waals surface area contributed by atoms with E-state index >= 15 is 0 Å². The first-order chi connectivity index (χ1) is 8.65. The zero-order valence-corrected chi connectivity index (χ0v) is 10.5. The van der Waals surface area contributed by atoms with Crippen LogP contribution in [-0.4, -0.2) is 40.3 Å². The van der Waals surface area contributed by atoms with E-state index in [1.54, 1.807) is 6.92 Å². The van der Waals surface area contributed by atoms with Crippen molar-refractivity contribution >= 4 is 5.91 Å². The summed E-state index contributed by atoms with van der Waals surface area (Å²) < 4.78 is 4.61. The summed E-state index contributed by atoms with van der Waals surface area (Å²) in [5.74, 6) is 1.06. The fourth-order valence-electron chi connectivity index (χ4n) is 3.13. The Balaban J connectivity index is 1.66. The average Bonchev–Trinajstić information content (AvgIpc) is 2.80. The van der Waals surface area contributed by atoms with Crippen LogP contribution in [0, 0.1) is 18.8 Å². The fraction of sp³-hybridized carbons (Fsp3) is 0.750. The number of nitrogens with zero attached hydrogens (tertiary/aromatic N) is 3. The van der Waals surface area contributed by atoms with Crippen LogP contribution >= 0.6 is 0 Å². The van der Waals surface area contributed by atoms with Crippen LogP contribution in [0.25, 0.3) is 0 Å². The monoisotopic (exact) mass is 250 g/mol. The van der Waals surface area contributed by atoms with Crippen molar-refractivity contribution in [3.05, 3.63) is 11.4 Å². The maximum absolute atomic E-state index is 12.2. The lowest BCUT2D eigenvalue weighted by molar-refractivity contribution is -0.132. The molecule has 98 valence electrons. The second-order valence-electron chi connectivity index (χ2n) is 5.45. The highest BCUT2D eigenvalue weighted by Gasteiger charge is 2.41. The zero-order chi connectivity index (χ0) is 12.7. The summed E-state index contributed by atoms with van der Waals surface area (Å²) in [4.78, 5) is 14.1. The van der Waals surface area contributed by atoms with Crippen LogP contribution < -0.4 is 5.73 Å². The van der Waals surface area contributed by atoms with Crippen molar-refractivity contribution in [1.29, 1.82) is 0 Å². The lowest BCUT2D eigenvalue weighted by atomic mass is 9.93. The summed E-state index contributed by atoms with van der Waals surface area (Å²) in [5.41, 5.74) is 7.47. The molecule has 0 spiro atoms. The minimum Gasteiger partial charge on any atom is -0.342 e. The second kappa shape index (κ2) is 4.35. The highest BCUT2D eigenvalue weighted by atomic mass is 16.6. The van der Waals surface area contributed by atoms with Gasteiger partial charge in [0.2, 0.25) is 5.91 Å². The number of fused-ring (bicyclic) bond motifs is 2. The molecule has 6 heteroatoms. The molecule has 2 fully saturated rings. The molecule has 0 radical (unpaired) electrons. The number of aromatic nitrogens is 2. The Hall–Kier alpha value is -1.43. The van der Waals surface area contributed by atoms with E-state index in [1.807, 2.05) is 4.90 Å². The standard InChI is InChI=1S/C12H18N4O2/c1-7-10(15-18-14-7)4-11(17)16-5-8-2-3-9(6-16)12(8)13/h8-9,12H,2-6,13H2,1H3/t8-,9+,12?. The number of amides is 1. The van der Waals surface area contributed by atoms with Crippen molar-refractivity contribution in [2.45, 2.75) is 32.2 Å². The van der Waals surface area contributed by atoms with Crippen LogP contribution in [0.3, 0.4) is 0 Å². The molecule has 3 atom stereocenters. The largest absolute Gasteiger partial charge is 0.342 e. The number of hydrogen-bond acceptors (Lipinski definition) is 5. The van der Waals surface area contributed by atoms with Gasteiger partial charge in [-0.1, -0.05) is 10.3 Å². The molecule has 2 bridgehead atoms. The van der Waals surface area contributed by atoms with E-state index in [0.29, 0.717) is 23.2 Å². The highest BCUT2D eigenvalue weighted by molar-refractivity contribution is 5.78. The Morgan fingerprint density at radius 2 is 2.06 bits per heavy atom. The Bertz CT molecular complexity index is 445. The van der Waals surface area contributed by atoms with Gasteiger partial charge in [-0.2, -0.15) is 0 Å². The van der Waals surface area contributed by atoms with E-state index in [1.165, 1.54) is 0 Å². The fourth-order valence-corrected chi connectivity index (χ4v) is 3.13. The van der Waals surface area contributed by atoms with Crippen molar-refractivity contribution in [3.63, 3.8) is 0 Å². The first-order valence-corrected chi connectivity index (χ1v) is 6.46. The third kappa shape index (κ3) is 1.90. The topological polar surface area (TPSA) is 85.2 Å². The van der Waals surface area contributed by atoms with E-state index in [0.717, 1.165) is 25.9 Å². The first kappa shape index (κ1) is 11.6. The molecule has 1 saturated carbocycles. The van der Waals surface area contributed by atoms with Gasteiger partial charge >= 0.3 is 0 Å². The molecule has 0 aromatic carbocycles. The molecule has 6 nitrogen and oxygen atoms in total. The minimum absolute atomic E-state index is 0.109. The Kier molecular flexibility index (Phi) is 2.81. The van der Waals surface area contributed by atoms with Gasteiger partial charge in [0.05, 0.1) is 6.42 Å². The molecule has 1 saturated heterocycles. The van der Waals surface area contributed by atoms with Gasteiger partial charge in [0.25, 0.3) is 0 Å². The normalized spacial score (nSPS) is 30.8. The summed E-state index contributed by atoms with van der Waals surface area (Å²) in [6.07, 6.45) is 2.59. The smallest absolute Gasteiger partial charge is 0.228 e. The van der Waals surface area contributed by atoms with Crippen molar-refractivity contribution in [2.75, 3.05) is 13.1 Å². The quantitative estimate of drug-likeness (QED) is 0.805. The summed E-state index contributed by atoms with van der Waals surface area (Å²) in [5, 5.41) is 7.45. The lowest BCUT2D eigenvalue weighted by Gasteiger charge is -2.36. The summed E-state index contributed by atoms with van der Waals surface area (Å²) in [6, 6.07) is 0.282. The Labute approximate surface area is 105 Å². The van der Waals surface area contributed by atoms with Gasteiger partial charge in [-0.25, -0.2) is 4.63 Å². The first-order valence-electron chi connectivity index (χ1n) is 6.46. The van der Waals surface area contributed by atoms with Gasteiger partial charge in [-0.3, -0.25) is 4.79 Å². The van der Waals surface area contributed by atoms with Crippen molar-refractivity contribution in [3.8, 4) is 0 Å². The lowest BCUT2D eigenvalue weighted by Crippen LogP contribution is -2.51. The number of carbonyl (C=O) groups is 1. The van der Waals surface area contributed by atoms with Crippen molar-refractivity contribution in [2.24, 2.45) is 17.6 Å². The van der Waals surface area contributed by atoms with Gasteiger partial charge in [0, 0.05) is 19.1 Å². The van der Waals surface area contributed by atoms with Gasteiger partial charge < -0.3 is 10.6 Å². The molecule has 2 heterocycles. The molecule has 18 heavy (non-hydrogen) atoms. The molecular formula is C12H18N4O2. The molecule has 1 aromatic heterocycles. The van der Waals surface area contributed by atoms with Gasteiger partial charge in [0.15, 0.2) is 0 Å². The molecule has 1 aromatic rings. The number of likely N-dealkylation sites (tertiary alicyclic amines) is 1. The van der Waals surface area contributed by atoms with E-state index in [-0.39, 0.29) is 18.4 Å². The molecular weight excluding hydrogens is 232 g/mol. The number of carbonyl (C=O) groups excluding carboxylic acids is 1. The van der Waals surface area contributed by atoms with Crippen LogP contribution in [0.4, 0.5) is 0 Å². The van der Waals surface area contributed by atoms with Crippen molar-refractivity contribution in [1.82, 2.24) is 15.2 Å². The Morgan fingerprint density at radius 1 is 1.39 bits per heavy atom. The predicted molar refractivity (Wildman–Crippen MR) is 63.5 cm³/mol. The van der Waals surface area contributed by atoms with Crippen LogP contribution in [0.5, 0.6) is 0 Å².